The molecule has 21 heavy (non-hydrogen) atoms. The predicted octanol–water partition coefficient (Wildman–Crippen LogP) is 3.79. The molecule has 7 heteroatoms. The molecule has 2 rings (SSSR count). The minimum atomic E-state index is -1.07. The van der Waals surface area contributed by atoms with Crippen LogP contribution < -0.4 is 4.74 Å². The van der Waals surface area contributed by atoms with Crippen LogP contribution in [0.5, 0.6) is 11.5 Å². The summed E-state index contributed by atoms with van der Waals surface area (Å²) >= 11 is 0. The highest BCUT2D eigenvalue weighted by Gasteiger charge is 2.16. The van der Waals surface area contributed by atoms with E-state index in [9.17, 15) is 23.7 Å². The lowest BCUT2D eigenvalue weighted by molar-refractivity contribution is -0.384. The number of nitrogens with zero attached hydrogens (tertiary/aromatic N) is 1. The van der Waals surface area contributed by atoms with E-state index < -0.39 is 22.3 Å². The van der Waals surface area contributed by atoms with Crippen molar-refractivity contribution in [3.63, 3.8) is 0 Å². The fourth-order valence-electron chi connectivity index (χ4n) is 1.67. The van der Waals surface area contributed by atoms with Gasteiger partial charge in [-0.1, -0.05) is 0 Å². The zero-order chi connectivity index (χ0) is 15.6. The van der Waals surface area contributed by atoms with Gasteiger partial charge >= 0.3 is 0 Å². The first-order chi connectivity index (χ1) is 9.92. The molecule has 5 nitrogen and oxygen atoms in total. The van der Waals surface area contributed by atoms with Gasteiger partial charge in [-0.15, -0.1) is 0 Å². The van der Waals surface area contributed by atoms with Crippen LogP contribution in [-0.2, 0) is 0 Å². The predicted molar refractivity (Wildman–Crippen MR) is 69.7 cm³/mol. The second-order valence-corrected chi connectivity index (χ2v) is 4.24. The molecule has 0 bridgehead atoms. The van der Waals surface area contributed by atoms with E-state index in [0.717, 1.165) is 18.2 Å². The van der Waals surface area contributed by atoms with Gasteiger partial charge in [0.15, 0.2) is 17.4 Å². The zero-order valence-electron chi connectivity index (χ0n) is 10.8. The Morgan fingerprint density at radius 3 is 2.33 bits per heavy atom. The van der Waals surface area contributed by atoms with Crippen molar-refractivity contribution < 1.29 is 23.2 Å². The number of carbonyl (C=O) groups excluding carboxylic acids is 1. The van der Waals surface area contributed by atoms with Crippen LogP contribution in [0.25, 0.3) is 0 Å². The molecule has 0 radical (unpaired) electrons. The lowest BCUT2D eigenvalue weighted by Gasteiger charge is -2.10. The van der Waals surface area contributed by atoms with E-state index in [-0.39, 0.29) is 17.0 Å². The maximum absolute atomic E-state index is 13.7. The van der Waals surface area contributed by atoms with Crippen LogP contribution in [0.1, 0.15) is 15.9 Å². The van der Waals surface area contributed by atoms with E-state index >= 15 is 0 Å². The van der Waals surface area contributed by atoms with Gasteiger partial charge in [0.1, 0.15) is 12.0 Å². The Hall–Kier alpha value is -2.83. The molecular formula is C14H9F2NO4. The lowest BCUT2D eigenvalue weighted by Crippen LogP contribution is -1.97. The Labute approximate surface area is 117 Å². The van der Waals surface area contributed by atoms with Crippen molar-refractivity contribution in [3.8, 4) is 11.5 Å². The van der Waals surface area contributed by atoms with Gasteiger partial charge in [-0.3, -0.25) is 14.9 Å². The van der Waals surface area contributed by atoms with E-state index in [1.54, 1.807) is 6.92 Å². The monoisotopic (exact) mass is 293 g/mol. The van der Waals surface area contributed by atoms with Crippen molar-refractivity contribution in [3.05, 3.63) is 63.2 Å². The minimum absolute atomic E-state index is 0.0409. The normalized spacial score (nSPS) is 10.2. The molecule has 2 aromatic rings. The van der Waals surface area contributed by atoms with Crippen molar-refractivity contribution in [1.29, 1.82) is 0 Å². The molecule has 0 spiro atoms. The molecule has 0 N–H and O–H groups in total. The Morgan fingerprint density at radius 2 is 1.81 bits per heavy atom. The van der Waals surface area contributed by atoms with Gasteiger partial charge in [0.2, 0.25) is 0 Å². The number of rotatable bonds is 4. The molecule has 0 aliphatic heterocycles. The standard InChI is InChI=1S/C14H9F2NO4/c1-8-2-3-10(17(19)20)6-13(8)21-14-11(15)4-9(7-18)5-12(14)16/h2-7H,1H3. The first-order valence-electron chi connectivity index (χ1n) is 5.79. The van der Waals surface area contributed by atoms with Crippen molar-refractivity contribution in [1.82, 2.24) is 0 Å². The molecule has 0 heterocycles. The third-order valence-corrected chi connectivity index (χ3v) is 2.75. The maximum Gasteiger partial charge on any atom is 0.273 e. The molecular weight excluding hydrogens is 284 g/mol. The van der Waals surface area contributed by atoms with Gasteiger partial charge in [0.25, 0.3) is 5.69 Å². The van der Waals surface area contributed by atoms with Gasteiger partial charge < -0.3 is 4.74 Å². The van der Waals surface area contributed by atoms with Gasteiger partial charge in [0.05, 0.1) is 11.0 Å². The highest BCUT2D eigenvalue weighted by atomic mass is 19.1. The maximum atomic E-state index is 13.7. The number of aryl methyl sites for hydroxylation is 1. The van der Waals surface area contributed by atoms with Crippen molar-refractivity contribution in [2.45, 2.75) is 6.92 Å². The summed E-state index contributed by atoms with van der Waals surface area (Å²) in [5.74, 6) is -2.89. The van der Waals surface area contributed by atoms with E-state index in [2.05, 4.69) is 0 Å². The highest BCUT2D eigenvalue weighted by molar-refractivity contribution is 5.75. The van der Waals surface area contributed by atoms with Crippen LogP contribution >= 0.6 is 0 Å². The number of hydrogen-bond donors (Lipinski definition) is 0. The first-order valence-corrected chi connectivity index (χ1v) is 5.79. The van der Waals surface area contributed by atoms with Crippen molar-refractivity contribution in [2.24, 2.45) is 0 Å². The van der Waals surface area contributed by atoms with Crippen molar-refractivity contribution in [2.75, 3.05) is 0 Å². The summed E-state index contributed by atoms with van der Waals surface area (Å²) in [7, 11) is 0. The molecule has 0 aromatic heterocycles. The molecule has 0 atom stereocenters. The van der Waals surface area contributed by atoms with Crippen LogP contribution in [0, 0.1) is 28.7 Å². The van der Waals surface area contributed by atoms with E-state index in [4.69, 9.17) is 4.74 Å². The fraction of sp³-hybridized carbons (Fsp3) is 0.0714. The van der Waals surface area contributed by atoms with E-state index in [0.29, 0.717) is 11.8 Å². The van der Waals surface area contributed by atoms with Gasteiger partial charge in [-0.2, -0.15) is 0 Å². The molecule has 0 saturated carbocycles. The quantitative estimate of drug-likeness (QED) is 0.488. The van der Waals surface area contributed by atoms with Crippen LogP contribution in [0.2, 0.25) is 0 Å². The Morgan fingerprint density at radius 1 is 1.19 bits per heavy atom. The van der Waals surface area contributed by atoms with Gasteiger partial charge in [0, 0.05) is 11.6 Å². The largest absolute Gasteiger partial charge is 0.451 e. The van der Waals surface area contributed by atoms with Gasteiger partial charge in [-0.25, -0.2) is 8.78 Å². The number of ether oxygens (including phenoxy) is 1. The lowest BCUT2D eigenvalue weighted by atomic mass is 10.2. The van der Waals surface area contributed by atoms with Crippen molar-refractivity contribution >= 4 is 12.0 Å². The first kappa shape index (κ1) is 14.6. The molecule has 0 unspecified atom stereocenters. The summed E-state index contributed by atoms with van der Waals surface area (Å²) in [6.45, 7) is 1.58. The second kappa shape index (κ2) is 5.66. The number of nitro groups is 1. The van der Waals surface area contributed by atoms with Crippen LogP contribution in [-0.4, -0.2) is 11.2 Å². The minimum Gasteiger partial charge on any atom is -0.451 e. The number of benzene rings is 2. The number of halogens is 2. The summed E-state index contributed by atoms with van der Waals surface area (Å²) in [4.78, 5) is 20.6. The Kier molecular flexibility index (Phi) is 3.93. The van der Waals surface area contributed by atoms with E-state index in [1.807, 2.05) is 0 Å². The highest BCUT2D eigenvalue weighted by Crippen LogP contribution is 2.32. The Balaban J connectivity index is 2.45. The third-order valence-electron chi connectivity index (χ3n) is 2.75. The SMILES string of the molecule is Cc1ccc([N+](=O)[O-])cc1Oc1c(F)cc(C=O)cc1F. The number of hydrogen-bond acceptors (Lipinski definition) is 4. The molecule has 0 fully saturated rings. The number of carbonyl (C=O) groups is 1. The average Bonchev–Trinajstić information content (AvgIpc) is 2.44. The molecule has 2 aromatic carbocycles. The van der Waals surface area contributed by atoms with Crippen LogP contribution in [0.15, 0.2) is 30.3 Å². The van der Waals surface area contributed by atoms with Gasteiger partial charge in [-0.05, 0) is 30.7 Å². The summed E-state index contributed by atoms with van der Waals surface area (Å²) < 4.78 is 32.5. The van der Waals surface area contributed by atoms with E-state index in [1.165, 1.54) is 12.1 Å². The average molecular weight is 293 g/mol. The number of nitro benzene ring substituents is 1. The summed E-state index contributed by atoms with van der Waals surface area (Å²) in [6, 6.07) is 5.37. The number of aldehydes is 1. The third kappa shape index (κ3) is 3.02. The smallest absolute Gasteiger partial charge is 0.273 e. The Bertz CT molecular complexity index is 708. The summed E-state index contributed by atoms with van der Waals surface area (Å²) in [5, 5.41) is 10.7. The molecule has 0 saturated heterocycles. The van der Waals surface area contributed by atoms with Crippen LogP contribution in [0.4, 0.5) is 14.5 Å². The molecule has 0 amide bonds. The zero-order valence-corrected chi connectivity index (χ0v) is 10.8. The summed E-state index contributed by atoms with van der Waals surface area (Å²) in [6.07, 6.45) is 0.300. The molecule has 0 aliphatic rings. The fourth-order valence-corrected chi connectivity index (χ4v) is 1.67. The number of non-ortho nitro benzene ring substituents is 1. The summed E-state index contributed by atoms with van der Waals surface area (Å²) in [5.41, 5.74) is 0.0351. The second-order valence-electron chi connectivity index (χ2n) is 4.24. The molecule has 0 aliphatic carbocycles. The topological polar surface area (TPSA) is 69.4 Å². The molecule has 108 valence electrons. The van der Waals surface area contributed by atoms with Crippen LogP contribution in [0.3, 0.4) is 0 Å².